The molecule has 12 N–H and O–H groups in total. The maximum Gasteiger partial charge on any atom is 0.222 e. The van der Waals surface area contributed by atoms with E-state index in [9.17, 15) is 19.2 Å². The summed E-state index contributed by atoms with van der Waals surface area (Å²) in [6, 6.07) is -1.20. The number of nitrogens with one attached hydrogen (secondary N) is 4. The maximum absolute atomic E-state index is 12.9. The first-order valence-corrected chi connectivity index (χ1v) is 13.1. The lowest BCUT2D eigenvalue weighted by molar-refractivity contribution is -0.125. The first-order valence-electron chi connectivity index (χ1n) is 13.1. The average molecular weight is 541 g/mol. The molecule has 0 bridgehead atoms. The number of aliphatic imine (C=N–C) groups is 2. The second-order valence-corrected chi connectivity index (χ2v) is 9.51. The Morgan fingerprint density at radius 2 is 1.32 bits per heavy atom. The Morgan fingerprint density at radius 1 is 0.789 bits per heavy atom. The van der Waals surface area contributed by atoms with Crippen molar-refractivity contribution >= 4 is 35.9 Å². The SMILES string of the molecule is CNCCC(=O)NC(CC(=O)NC(CCCN=C(N)N)CC(=O)NC(CC=O)CCCN=C(N)N)C(C)C. The van der Waals surface area contributed by atoms with Crippen LogP contribution in [0.1, 0.15) is 65.2 Å². The number of rotatable bonds is 21. The van der Waals surface area contributed by atoms with Crippen LogP contribution in [-0.4, -0.2) is 80.7 Å². The van der Waals surface area contributed by atoms with Crippen LogP contribution in [0.3, 0.4) is 0 Å². The van der Waals surface area contributed by atoms with Crippen molar-refractivity contribution in [3.63, 3.8) is 0 Å². The number of amides is 3. The summed E-state index contributed by atoms with van der Waals surface area (Å²) in [6.45, 7) is 5.13. The van der Waals surface area contributed by atoms with Crippen molar-refractivity contribution in [1.29, 1.82) is 0 Å². The van der Waals surface area contributed by atoms with Gasteiger partial charge in [-0.3, -0.25) is 24.4 Å². The third kappa shape index (κ3) is 18.8. The smallest absolute Gasteiger partial charge is 0.222 e. The number of nitrogens with two attached hydrogens (primary N) is 4. The van der Waals surface area contributed by atoms with Crippen molar-refractivity contribution in [1.82, 2.24) is 21.3 Å². The molecule has 0 aromatic rings. The largest absolute Gasteiger partial charge is 0.370 e. The molecule has 14 nitrogen and oxygen atoms in total. The van der Waals surface area contributed by atoms with Gasteiger partial charge in [-0.05, 0) is 38.6 Å². The Hall–Kier alpha value is -3.42. The minimum atomic E-state index is -0.483. The molecule has 38 heavy (non-hydrogen) atoms. The normalized spacial score (nSPS) is 13.1. The molecule has 0 aliphatic rings. The second-order valence-electron chi connectivity index (χ2n) is 9.51. The fraction of sp³-hybridized carbons (Fsp3) is 0.750. The first kappa shape index (κ1) is 34.6. The molecular formula is C24H48N10O4. The predicted molar refractivity (Wildman–Crippen MR) is 149 cm³/mol. The van der Waals surface area contributed by atoms with Gasteiger partial charge in [-0.2, -0.15) is 0 Å². The summed E-state index contributed by atoms with van der Waals surface area (Å²) >= 11 is 0. The number of nitrogens with zero attached hydrogens (tertiary/aromatic N) is 2. The van der Waals surface area contributed by atoms with Gasteiger partial charge in [-0.25, -0.2) is 0 Å². The van der Waals surface area contributed by atoms with E-state index < -0.39 is 6.04 Å². The van der Waals surface area contributed by atoms with E-state index in [0.29, 0.717) is 51.7 Å². The van der Waals surface area contributed by atoms with Crippen LogP contribution >= 0.6 is 0 Å². The highest BCUT2D eigenvalue weighted by Gasteiger charge is 2.23. The van der Waals surface area contributed by atoms with E-state index in [0.717, 1.165) is 6.29 Å². The average Bonchev–Trinajstić information content (AvgIpc) is 2.82. The summed E-state index contributed by atoms with van der Waals surface area (Å²) < 4.78 is 0. The molecule has 0 saturated heterocycles. The third-order valence-electron chi connectivity index (χ3n) is 5.71. The second kappa shape index (κ2) is 20.6. The van der Waals surface area contributed by atoms with Crippen molar-refractivity contribution in [3.05, 3.63) is 0 Å². The molecule has 3 atom stereocenters. The van der Waals surface area contributed by atoms with Gasteiger partial charge in [0.15, 0.2) is 11.9 Å². The fourth-order valence-electron chi connectivity index (χ4n) is 3.65. The number of carbonyl (C=O) groups is 4. The molecule has 0 aliphatic carbocycles. The van der Waals surface area contributed by atoms with E-state index in [2.05, 4.69) is 31.3 Å². The van der Waals surface area contributed by atoms with E-state index in [4.69, 9.17) is 22.9 Å². The molecule has 0 aliphatic heterocycles. The fourth-order valence-corrected chi connectivity index (χ4v) is 3.65. The summed E-state index contributed by atoms with van der Waals surface area (Å²) in [5, 5.41) is 11.6. The van der Waals surface area contributed by atoms with E-state index in [1.54, 1.807) is 7.05 Å². The van der Waals surface area contributed by atoms with Crippen LogP contribution in [-0.2, 0) is 19.2 Å². The van der Waals surface area contributed by atoms with Gasteiger partial charge < -0.3 is 49.0 Å². The number of guanidine groups is 2. The summed E-state index contributed by atoms with van der Waals surface area (Å²) in [6.07, 6.45) is 3.40. The van der Waals surface area contributed by atoms with Gasteiger partial charge in [0.25, 0.3) is 0 Å². The topological polar surface area (TPSA) is 245 Å². The van der Waals surface area contributed by atoms with E-state index >= 15 is 0 Å². The predicted octanol–water partition coefficient (Wildman–Crippen LogP) is -1.82. The molecule has 14 heteroatoms. The molecule has 0 radical (unpaired) electrons. The molecule has 0 aromatic heterocycles. The quantitative estimate of drug-likeness (QED) is 0.0353. The summed E-state index contributed by atoms with van der Waals surface area (Å²) in [4.78, 5) is 56.8. The van der Waals surface area contributed by atoms with E-state index in [1.807, 2.05) is 13.8 Å². The van der Waals surface area contributed by atoms with Gasteiger partial charge in [0, 0.05) is 63.4 Å². The molecular weight excluding hydrogens is 492 g/mol. The lowest BCUT2D eigenvalue weighted by Crippen LogP contribution is -2.46. The van der Waals surface area contributed by atoms with Crippen molar-refractivity contribution < 1.29 is 19.2 Å². The molecule has 0 saturated carbocycles. The van der Waals surface area contributed by atoms with E-state index in [-0.39, 0.29) is 66.9 Å². The number of hydrogen-bond acceptors (Lipinski definition) is 7. The maximum atomic E-state index is 12.9. The van der Waals surface area contributed by atoms with Gasteiger partial charge in [-0.15, -0.1) is 0 Å². The highest BCUT2D eigenvalue weighted by Crippen LogP contribution is 2.10. The van der Waals surface area contributed by atoms with Gasteiger partial charge in [0.05, 0.1) is 0 Å². The molecule has 218 valence electrons. The molecule has 0 fully saturated rings. The van der Waals surface area contributed by atoms with Gasteiger partial charge in [0.1, 0.15) is 6.29 Å². The van der Waals surface area contributed by atoms with Crippen LogP contribution in [0.2, 0.25) is 0 Å². The molecule has 3 amide bonds. The molecule has 0 heterocycles. The van der Waals surface area contributed by atoms with Crippen molar-refractivity contribution in [3.8, 4) is 0 Å². The van der Waals surface area contributed by atoms with Crippen LogP contribution in [0.5, 0.6) is 0 Å². The first-order chi connectivity index (χ1) is 18.0. The van der Waals surface area contributed by atoms with Gasteiger partial charge >= 0.3 is 0 Å². The summed E-state index contributed by atoms with van der Waals surface area (Å²) in [7, 11) is 1.76. The molecule has 0 aromatic carbocycles. The third-order valence-corrected chi connectivity index (χ3v) is 5.71. The zero-order chi connectivity index (χ0) is 28.9. The number of aldehydes is 1. The van der Waals surface area contributed by atoms with Crippen molar-refractivity contribution in [2.24, 2.45) is 38.8 Å². The highest BCUT2D eigenvalue weighted by atomic mass is 16.2. The van der Waals surface area contributed by atoms with Crippen LogP contribution in [0, 0.1) is 5.92 Å². The zero-order valence-electron chi connectivity index (χ0n) is 23.0. The molecule has 0 rings (SSSR count). The zero-order valence-corrected chi connectivity index (χ0v) is 23.0. The van der Waals surface area contributed by atoms with Crippen LogP contribution in [0.25, 0.3) is 0 Å². The molecule has 3 unspecified atom stereocenters. The highest BCUT2D eigenvalue weighted by molar-refractivity contribution is 5.82. The molecule has 0 spiro atoms. The van der Waals surface area contributed by atoms with Gasteiger partial charge in [-0.1, -0.05) is 13.8 Å². The Bertz CT molecular complexity index is 780. The van der Waals surface area contributed by atoms with Crippen LogP contribution in [0.15, 0.2) is 9.98 Å². The van der Waals surface area contributed by atoms with Crippen LogP contribution < -0.4 is 44.2 Å². The van der Waals surface area contributed by atoms with Gasteiger partial charge in [0.2, 0.25) is 17.7 Å². The lowest BCUT2D eigenvalue weighted by Gasteiger charge is -2.25. The number of hydrogen-bond donors (Lipinski definition) is 8. The summed E-state index contributed by atoms with van der Waals surface area (Å²) in [5.41, 5.74) is 21.4. The van der Waals surface area contributed by atoms with E-state index in [1.165, 1.54) is 0 Å². The minimum absolute atomic E-state index is 0.0116. The Morgan fingerprint density at radius 3 is 1.82 bits per heavy atom. The number of carbonyl (C=O) groups excluding carboxylic acids is 4. The summed E-state index contributed by atoms with van der Waals surface area (Å²) in [5.74, 6) is -0.733. The Balaban J connectivity index is 5.17. The Labute approximate surface area is 225 Å². The standard InChI is InChI=1S/C24H48N10O4/c1-16(2)19(34-20(36)8-12-29-3)15-22(38)33-18(7-5-11-31-24(27)28)14-21(37)32-17(9-13-35)6-4-10-30-23(25)26/h13,16-19,29H,4-12,14-15H2,1-3H3,(H,32,37)(H,33,38)(H,34,36)(H4,25,26,30)(H4,27,28,31). The minimum Gasteiger partial charge on any atom is -0.370 e. The van der Waals surface area contributed by atoms with Crippen LogP contribution in [0.4, 0.5) is 0 Å². The Kier molecular flexibility index (Phi) is 18.8. The van der Waals surface area contributed by atoms with Crippen molar-refractivity contribution in [2.75, 3.05) is 26.7 Å². The monoisotopic (exact) mass is 540 g/mol. The lowest BCUT2D eigenvalue weighted by atomic mass is 9.99. The van der Waals surface area contributed by atoms with Crippen molar-refractivity contribution in [2.45, 2.75) is 83.3 Å².